The van der Waals surface area contributed by atoms with E-state index in [1.807, 2.05) is 12.1 Å². The zero-order chi connectivity index (χ0) is 12.5. The van der Waals surface area contributed by atoms with Crippen LogP contribution in [0.4, 0.5) is 11.4 Å². The Morgan fingerprint density at radius 2 is 1.59 bits per heavy atom. The SMILES string of the molecule is CC(C)(C)N1CCN(c2ccccc2N)CC1. The molecule has 2 N–H and O–H groups in total. The van der Waals surface area contributed by atoms with Gasteiger partial charge in [-0.3, -0.25) is 4.90 Å². The van der Waals surface area contributed by atoms with Crippen molar-refractivity contribution in [3.05, 3.63) is 24.3 Å². The van der Waals surface area contributed by atoms with E-state index in [-0.39, 0.29) is 5.54 Å². The summed E-state index contributed by atoms with van der Waals surface area (Å²) in [5.74, 6) is 0. The molecule has 0 aromatic heterocycles. The summed E-state index contributed by atoms with van der Waals surface area (Å²) in [6, 6.07) is 8.14. The Morgan fingerprint density at radius 3 is 2.12 bits per heavy atom. The van der Waals surface area contributed by atoms with Crippen LogP contribution in [0.15, 0.2) is 24.3 Å². The van der Waals surface area contributed by atoms with Crippen molar-refractivity contribution >= 4 is 11.4 Å². The van der Waals surface area contributed by atoms with E-state index in [1.165, 1.54) is 5.69 Å². The lowest BCUT2D eigenvalue weighted by atomic mass is 10.0. The molecule has 0 saturated carbocycles. The molecule has 0 unspecified atom stereocenters. The standard InChI is InChI=1S/C14H23N3/c1-14(2,3)17-10-8-16(9-11-17)13-7-5-4-6-12(13)15/h4-7H,8-11,15H2,1-3H3. The van der Waals surface area contributed by atoms with Gasteiger partial charge in [0.1, 0.15) is 0 Å². The largest absolute Gasteiger partial charge is 0.397 e. The van der Waals surface area contributed by atoms with Gasteiger partial charge >= 0.3 is 0 Å². The topological polar surface area (TPSA) is 32.5 Å². The van der Waals surface area contributed by atoms with Gasteiger partial charge in [0, 0.05) is 31.7 Å². The predicted molar refractivity (Wildman–Crippen MR) is 74.4 cm³/mol. The Balaban J connectivity index is 2.03. The molecule has 1 fully saturated rings. The molecule has 1 heterocycles. The Bertz CT molecular complexity index is 373. The average molecular weight is 233 g/mol. The van der Waals surface area contributed by atoms with E-state index in [0.29, 0.717) is 0 Å². The molecule has 1 aromatic rings. The third-order valence-electron chi connectivity index (χ3n) is 3.51. The normalized spacial score (nSPS) is 18.4. The van der Waals surface area contributed by atoms with Gasteiger partial charge in [-0.05, 0) is 32.9 Å². The molecule has 0 radical (unpaired) electrons. The molecule has 0 spiro atoms. The maximum Gasteiger partial charge on any atom is 0.0600 e. The zero-order valence-electron chi connectivity index (χ0n) is 11.1. The van der Waals surface area contributed by atoms with Crippen molar-refractivity contribution in [2.75, 3.05) is 36.8 Å². The second-order valence-corrected chi connectivity index (χ2v) is 5.70. The quantitative estimate of drug-likeness (QED) is 0.755. The third kappa shape index (κ3) is 2.72. The highest BCUT2D eigenvalue weighted by Crippen LogP contribution is 2.25. The maximum absolute atomic E-state index is 6.02. The number of para-hydroxylation sites is 2. The first kappa shape index (κ1) is 12.2. The molecular weight excluding hydrogens is 210 g/mol. The van der Waals surface area contributed by atoms with Crippen LogP contribution in [-0.4, -0.2) is 36.6 Å². The lowest BCUT2D eigenvalue weighted by Crippen LogP contribution is -2.53. The van der Waals surface area contributed by atoms with E-state index < -0.39 is 0 Å². The Kier molecular flexibility index (Phi) is 3.29. The van der Waals surface area contributed by atoms with E-state index in [4.69, 9.17) is 5.73 Å². The number of rotatable bonds is 1. The fraction of sp³-hybridized carbons (Fsp3) is 0.571. The van der Waals surface area contributed by atoms with Gasteiger partial charge in [0.25, 0.3) is 0 Å². The van der Waals surface area contributed by atoms with Crippen LogP contribution in [0, 0.1) is 0 Å². The summed E-state index contributed by atoms with van der Waals surface area (Å²) >= 11 is 0. The van der Waals surface area contributed by atoms with Gasteiger partial charge in [-0.2, -0.15) is 0 Å². The van der Waals surface area contributed by atoms with Gasteiger partial charge in [-0.25, -0.2) is 0 Å². The Labute approximate surface area is 104 Å². The monoisotopic (exact) mass is 233 g/mol. The van der Waals surface area contributed by atoms with Crippen molar-refractivity contribution in [2.45, 2.75) is 26.3 Å². The molecule has 1 aliphatic rings. The number of nitrogens with two attached hydrogens (primary N) is 1. The smallest absolute Gasteiger partial charge is 0.0600 e. The van der Waals surface area contributed by atoms with Crippen molar-refractivity contribution in [3.63, 3.8) is 0 Å². The highest BCUT2D eigenvalue weighted by molar-refractivity contribution is 5.67. The van der Waals surface area contributed by atoms with Crippen molar-refractivity contribution in [2.24, 2.45) is 0 Å². The van der Waals surface area contributed by atoms with Crippen molar-refractivity contribution < 1.29 is 0 Å². The van der Waals surface area contributed by atoms with E-state index in [1.54, 1.807) is 0 Å². The summed E-state index contributed by atoms with van der Waals surface area (Å²) in [6.45, 7) is 11.2. The number of hydrogen-bond donors (Lipinski definition) is 1. The molecule has 3 heteroatoms. The van der Waals surface area contributed by atoms with E-state index in [2.05, 4.69) is 42.7 Å². The minimum atomic E-state index is 0.272. The highest BCUT2D eigenvalue weighted by Gasteiger charge is 2.26. The summed E-state index contributed by atoms with van der Waals surface area (Å²) in [5, 5.41) is 0. The maximum atomic E-state index is 6.02. The van der Waals surface area contributed by atoms with Gasteiger partial charge in [0.15, 0.2) is 0 Å². The van der Waals surface area contributed by atoms with Crippen LogP contribution in [0.25, 0.3) is 0 Å². The number of nitrogens with zero attached hydrogens (tertiary/aromatic N) is 2. The van der Waals surface area contributed by atoms with Gasteiger partial charge in [-0.15, -0.1) is 0 Å². The molecule has 0 atom stereocenters. The zero-order valence-corrected chi connectivity index (χ0v) is 11.1. The van der Waals surface area contributed by atoms with Gasteiger partial charge < -0.3 is 10.6 Å². The van der Waals surface area contributed by atoms with Crippen LogP contribution in [-0.2, 0) is 0 Å². The second-order valence-electron chi connectivity index (χ2n) is 5.70. The number of nitrogen functional groups attached to an aromatic ring is 1. The Hall–Kier alpha value is -1.22. The molecule has 0 bridgehead atoms. The van der Waals surface area contributed by atoms with Crippen molar-refractivity contribution in [3.8, 4) is 0 Å². The van der Waals surface area contributed by atoms with Crippen molar-refractivity contribution in [1.29, 1.82) is 0 Å². The number of hydrogen-bond acceptors (Lipinski definition) is 3. The molecule has 1 aliphatic heterocycles. The fourth-order valence-electron chi connectivity index (χ4n) is 2.39. The summed E-state index contributed by atoms with van der Waals surface area (Å²) in [7, 11) is 0. The summed E-state index contributed by atoms with van der Waals surface area (Å²) in [6.07, 6.45) is 0. The molecule has 17 heavy (non-hydrogen) atoms. The van der Waals surface area contributed by atoms with Crippen molar-refractivity contribution in [1.82, 2.24) is 4.90 Å². The van der Waals surface area contributed by atoms with E-state index >= 15 is 0 Å². The third-order valence-corrected chi connectivity index (χ3v) is 3.51. The first-order valence-corrected chi connectivity index (χ1v) is 6.33. The number of benzene rings is 1. The minimum absolute atomic E-state index is 0.272. The summed E-state index contributed by atoms with van der Waals surface area (Å²) in [4.78, 5) is 4.92. The van der Waals surface area contributed by atoms with Crippen LogP contribution < -0.4 is 10.6 Å². The van der Waals surface area contributed by atoms with Gasteiger partial charge in [0.05, 0.1) is 11.4 Å². The first-order chi connectivity index (χ1) is 7.98. The van der Waals surface area contributed by atoms with Gasteiger partial charge in [-0.1, -0.05) is 12.1 Å². The van der Waals surface area contributed by atoms with Crippen LogP contribution in [0.3, 0.4) is 0 Å². The fourth-order valence-corrected chi connectivity index (χ4v) is 2.39. The minimum Gasteiger partial charge on any atom is -0.397 e. The molecule has 2 rings (SSSR count). The van der Waals surface area contributed by atoms with E-state index in [9.17, 15) is 0 Å². The molecule has 0 aliphatic carbocycles. The molecule has 1 saturated heterocycles. The van der Waals surface area contributed by atoms with Crippen LogP contribution in [0.2, 0.25) is 0 Å². The first-order valence-electron chi connectivity index (χ1n) is 6.33. The molecule has 94 valence electrons. The predicted octanol–water partition coefficient (Wildman–Crippen LogP) is 2.19. The van der Waals surface area contributed by atoms with Crippen LogP contribution >= 0.6 is 0 Å². The molecule has 1 aromatic carbocycles. The van der Waals surface area contributed by atoms with Crippen LogP contribution in [0.5, 0.6) is 0 Å². The highest BCUT2D eigenvalue weighted by atomic mass is 15.3. The molecular formula is C14H23N3. The lowest BCUT2D eigenvalue weighted by molar-refractivity contribution is 0.128. The lowest BCUT2D eigenvalue weighted by Gasteiger charge is -2.43. The van der Waals surface area contributed by atoms with E-state index in [0.717, 1.165) is 31.9 Å². The average Bonchev–Trinajstić information content (AvgIpc) is 2.29. The number of piperazine rings is 1. The van der Waals surface area contributed by atoms with Gasteiger partial charge in [0.2, 0.25) is 0 Å². The number of anilines is 2. The van der Waals surface area contributed by atoms with Crippen LogP contribution in [0.1, 0.15) is 20.8 Å². The summed E-state index contributed by atoms with van der Waals surface area (Å²) in [5.41, 5.74) is 8.36. The second kappa shape index (κ2) is 4.57. The molecule has 0 amide bonds. The molecule has 3 nitrogen and oxygen atoms in total. The Morgan fingerprint density at radius 1 is 1.00 bits per heavy atom. The summed E-state index contributed by atoms with van der Waals surface area (Å²) < 4.78 is 0.